The number of hydrogen-bond acceptors (Lipinski definition) is 6. The number of hydrogen-bond donors (Lipinski definition) is 1. The van der Waals surface area contributed by atoms with Crippen LogP contribution in [0.4, 0.5) is 0 Å². The number of benzene rings is 2. The van der Waals surface area contributed by atoms with E-state index in [1.165, 1.54) is 17.4 Å². The minimum atomic E-state index is -0.512. The Morgan fingerprint density at radius 1 is 1.14 bits per heavy atom. The van der Waals surface area contributed by atoms with Crippen LogP contribution in [0.2, 0.25) is 0 Å². The average Bonchev–Trinajstić information content (AvgIpc) is 2.95. The number of fused-ring (bicyclic) bond motifs is 1. The molecule has 0 amide bonds. The second kappa shape index (κ2) is 6.44. The molecule has 0 aliphatic carbocycles. The lowest BCUT2D eigenvalue weighted by atomic mass is 10.3. The molecule has 0 aliphatic rings. The van der Waals surface area contributed by atoms with Gasteiger partial charge in [-0.1, -0.05) is 24.3 Å². The van der Waals surface area contributed by atoms with Crippen LogP contribution in [0.3, 0.4) is 0 Å². The van der Waals surface area contributed by atoms with Crippen molar-refractivity contribution >= 4 is 27.5 Å². The van der Waals surface area contributed by atoms with Crippen molar-refractivity contribution in [2.24, 2.45) is 0 Å². The lowest BCUT2D eigenvalue weighted by Crippen LogP contribution is -2.14. The van der Waals surface area contributed by atoms with Crippen LogP contribution in [0.25, 0.3) is 10.2 Å². The van der Waals surface area contributed by atoms with Gasteiger partial charge in [0.05, 0.1) is 10.2 Å². The fraction of sp³-hybridized carbons (Fsp3) is 0.125. The third-order valence-electron chi connectivity index (χ3n) is 2.91. The lowest BCUT2D eigenvalue weighted by Gasteiger charge is -2.07. The summed E-state index contributed by atoms with van der Waals surface area (Å²) < 4.78 is 11.4. The molecule has 0 saturated heterocycles. The van der Waals surface area contributed by atoms with Gasteiger partial charge in [-0.25, -0.2) is 9.78 Å². The predicted octanol–water partition coefficient (Wildman–Crippen LogP) is 3.12. The lowest BCUT2D eigenvalue weighted by molar-refractivity contribution is -0.147. The Morgan fingerprint density at radius 3 is 2.73 bits per heavy atom. The average molecular weight is 315 g/mol. The van der Waals surface area contributed by atoms with E-state index < -0.39 is 5.97 Å². The third-order valence-corrected chi connectivity index (χ3v) is 3.92. The van der Waals surface area contributed by atoms with E-state index in [2.05, 4.69) is 4.98 Å². The molecule has 0 radical (unpaired) electrons. The number of esters is 1. The number of rotatable bonds is 5. The van der Waals surface area contributed by atoms with Gasteiger partial charge in [-0.05, 0) is 24.3 Å². The number of para-hydroxylation sites is 3. The maximum Gasteiger partial charge on any atom is 0.344 e. The number of ether oxygens (including phenoxy) is 2. The summed E-state index contributed by atoms with van der Waals surface area (Å²) in [6.45, 7) is -0.148. The fourth-order valence-electron chi connectivity index (χ4n) is 1.88. The van der Waals surface area contributed by atoms with Crippen LogP contribution in [0.5, 0.6) is 11.5 Å². The van der Waals surface area contributed by atoms with Crippen LogP contribution in [-0.4, -0.2) is 22.7 Å². The Kier molecular flexibility index (Phi) is 4.20. The van der Waals surface area contributed by atoms with Crippen molar-refractivity contribution in [2.75, 3.05) is 6.61 Å². The van der Waals surface area contributed by atoms with Crippen molar-refractivity contribution < 1.29 is 19.4 Å². The largest absolute Gasteiger partial charge is 0.504 e. The van der Waals surface area contributed by atoms with E-state index in [-0.39, 0.29) is 24.7 Å². The van der Waals surface area contributed by atoms with Gasteiger partial charge in [0.2, 0.25) is 0 Å². The SMILES string of the molecule is O=C(COc1ccccc1O)OCc1nc2ccccc2s1. The summed E-state index contributed by atoms with van der Waals surface area (Å²) in [7, 11) is 0. The van der Waals surface area contributed by atoms with Crippen molar-refractivity contribution in [1.29, 1.82) is 0 Å². The first-order chi connectivity index (χ1) is 10.7. The molecule has 1 N–H and O–H groups in total. The normalized spacial score (nSPS) is 10.5. The summed E-state index contributed by atoms with van der Waals surface area (Å²) in [5.74, 6) is -0.275. The molecule has 0 bridgehead atoms. The molecule has 3 rings (SSSR count). The Hall–Kier alpha value is -2.60. The minimum absolute atomic E-state index is 0.0125. The molecule has 0 spiro atoms. The molecule has 0 aliphatic heterocycles. The van der Waals surface area contributed by atoms with E-state index in [1.54, 1.807) is 18.2 Å². The molecule has 0 atom stereocenters. The summed E-state index contributed by atoms with van der Waals surface area (Å²) in [5.41, 5.74) is 0.893. The molecule has 0 unspecified atom stereocenters. The van der Waals surface area contributed by atoms with Crippen LogP contribution in [-0.2, 0) is 16.1 Å². The summed E-state index contributed by atoms with van der Waals surface area (Å²) in [6, 6.07) is 14.2. The number of carbonyl (C=O) groups is 1. The van der Waals surface area contributed by atoms with Gasteiger partial charge in [-0.15, -0.1) is 11.3 Å². The van der Waals surface area contributed by atoms with Crippen molar-refractivity contribution in [3.8, 4) is 11.5 Å². The predicted molar refractivity (Wildman–Crippen MR) is 83.0 cm³/mol. The van der Waals surface area contributed by atoms with Crippen LogP contribution in [0.15, 0.2) is 48.5 Å². The van der Waals surface area contributed by atoms with E-state index in [9.17, 15) is 9.90 Å². The standard InChI is InChI=1S/C16H13NO4S/c18-12-6-2-3-7-13(12)20-10-16(19)21-9-15-17-11-5-1-4-8-14(11)22-15/h1-8,18H,9-10H2. The highest BCUT2D eigenvalue weighted by molar-refractivity contribution is 7.18. The summed E-state index contributed by atoms with van der Waals surface area (Å²) in [5, 5.41) is 10.3. The Balaban J connectivity index is 1.53. The highest BCUT2D eigenvalue weighted by atomic mass is 32.1. The topological polar surface area (TPSA) is 68.7 Å². The summed E-state index contributed by atoms with van der Waals surface area (Å²) in [4.78, 5) is 16.0. The molecule has 6 heteroatoms. The Bertz CT molecular complexity index is 766. The maximum atomic E-state index is 11.7. The van der Waals surface area contributed by atoms with E-state index >= 15 is 0 Å². The number of thiazole rings is 1. The summed E-state index contributed by atoms with van der Waals surface area (Å²) in [6.07, 6.45) is 0. The molecular weight excluding hydrogens is 302 g/mol. The van der Waals surface area contributed by atoms with Crippen molar-refractivity contribution in [2.45, 2.75) is 6.61 Å². The molecule has 2 aromatic carbocycles. The van der Waals surface area contributed by atoms with Gasteiger partial charge in [0.25, 0.3) is 0 Å². The van der Waals surface area contributed by atoms with E-state index in [0.29, 0.717) is 0 Å². The zero-order chi connectivity index (χ0) is 15.4. The number of phenols is 1. The molecule has 5 nitrogen and oxygen atoms in total. The molecule has 22 heavy (non-hydrogen) atoms. The summed E-state index contributed by atoms with van der Waals surface area (Å²) >= 11 is 1.49. The molecule has 0 saturated carbocycles. The molecule has 0 fully saturated rings. The zero-order valence-corrected chi connectivity index (χ0v) is 12.4. The maximum absolute atomic E-state index is 11.7. The van der Waals surface area contributed by atoms with Gasteiger partial charge in [0.1, 0.15) is 11.6 Å². The quantitative estimate of drug-likeness (QED) is 0.733. The zero-order valence-electron chi connectivity index (χ0n) is 11.6. The van der Waals surface area contributed by atoms with Crippen LogP contribution < -0.4 is 4.74 Å². The highest BCUT2D eigenvalue weighted by Gasteiger charge is 2.09. The molecule has 1 aromatic heterocycles. The fourth-order valence-corrected chi connectivity index (χ4v) is 2.76. The van der Waals surface area contributed by atoms with Gasteiger partial charge in [0, 0.05) is 0 Å². The minimum Gasteiger partial charge on any atom is -0.504 e. The van der Waals surface area contributed by atoms with Crippen molar-refractivity contribution in [3.05, 3.63) is 53.5 Å². The van der Waals surface area contributed by atoms with Crippen molar-refractivity contribution in [1.82, 2.24) is 4.98 Å². The number of nitrogens with zero attached hydrogens (tertiary/aromatic N) is 1. The Morgan fingerprint density at radius 2 is 1.91 bits per heavy atom. The van der Waals surface area contributed by atoms with Crippen LogP contribution >= 0.6 is 11.3 Å². The van der Waals surface area contributed by atoms with Gasteiger partial charge in [-0.2, -0.15) is 0 Å². The van der Waals surface area contributed by atoms with Gasteiger partial charge >= 0.3 is 5.97 Å². The number of aromatic nitrogens is 1. The number of aromatic hydroxyl groups is 1. The third kappa shape index (κ3) is 3.35. The molecule has 3 aromatic rings. The van der Waals surface area contributed by atoms with E-state index in [1.807, 2.05) is 24.3 Å². The van der Waals surface area contributed by atoms with E-state index in [0.717, 1.165) is 15.2 Å². The van der Waals surface area contributed by atoms with Crippen molar-refractivity contribution in [3.63, 3.8) is 0 Å². The number of carbonyl (C=O) groups excluding carboxylic acids is 1. The first kappa shape index (κ1) is 14.3. The molecule has 1 heterocycles. The van der Waals surface area contributed by atoms with Gasteiger partial charge < -0.3 is 14.6 Å². The Labute approximate surface area is 130 Å². The first-order valence-electron chi connectivity index (χ1n) is 6.63. The second-order valence-electron chi connectivity index (χ2n) is 4.49. The van der Waals surface area contributed by atoms with Crippen LogP contribution in [0.1, 0.15) is 5.01 Å². The van der Waals surface area contributed by atoms with Crippen LogP contribution in [0, 0.1) is 0 Å². The smallest absolute Gasteiger partial charge is 0.344 e. The van der Waals surface area contributed by atoms with E-state index in [4.69, 9.17) is 9.47 Å². The molecule has 112 valence electrons. The highest BCUT2D eigenvalue weighted by Crippen LogP contribution is 2.24. The molecular formula is C16H13NO4S. The first-order valence-corrected chi connectivity index (χ1v) is 7.45. The van der Waals surface area contributed by atoms with Gasteiger partial charge in [-0.3, -0.25) is 0 Å². The monoisotopic (exact) mass is 315 g/mol. The number of phenolic OH excluding ortho intramolecular Hbond substituents is 1. The second-order valence-corrected chi connectivity index (χ2v) is 5.61. The van der Waals surface area contributed by atoms with Gasteiger partial charge in [0.15, 0.2) is 18.1 Å².